The Balaban J connectivity index is 4.47. The number of ether oxygens (including phenoxy) is 3. The van der Waals surface area contributed by atoms with Crippen molar-refractivity contribution in [3.8, 4) is 0 Å². The Bertz CT molecular complexity index is 901. The molecule has 2 unspecified atom stereocenters. The average molecular weight is 648 g/mol. The van der Waals surface area contributed by atoms with Gasteiger partial charge in [0.25, 0.3) is 0 Å². The standard InChI is InChI=1S/C38H65NO7/c1-6-8-10-12-14-15-16-17-18-19-20-21-23-25-27-29-37(41)46-34(32-44-31-30-35(38(42)43)39(3,4)5)33-45-36(40)28-26-24-22-13-11-9-7-2/h8,10,12,14-16,22,24,34-35H,6-7,9,11,13,17-21,23,25-33H2,1-5H3/b10-8+,14-12+,16-15+,24-22+. The summed E-state index contributed by atoms with van der Waals surface area (Å²) < 4.78 is 16.9. The molecule has 0 aliphatic rings. The first-order valence-corrected chi connectivity index (χ1v) is 17.7. The number of unbranched alkanes of at least 4 members (excludes halogenated alkanes) is 10. The fourth-order valence-corrected chi connectivity index (χ4v) is 4.73. The molecule has 0 heterocycles. The molecule has 0 fully saturated rings. The molecule has 0 aromatic carbocycles. The van der Waals surface area contributed by atoms with Crippen LogP contribution in [0.5, 0.6) is 0 Å². The number of hydrogen-bond donors (Lipinski definition) is 0. The number of carboxylic acid groups (broad SMARTS) is 1. The molecule has 0 aliphatic carbocycles. The first-order valence-electron chi connectivity index (χ1n) is 17.7. The summed E-state index contributed by atoms with van der Waals surface area (Å²) in [7, 11) is 5.37. The Hall–Kier alpha value is -2.71. The number of hydrogen-bond acceptors (Lipinski definition) is 7. The number of rotatable bonds is 30. The van der Waals surface area contributed by atoms with Gasteiger partial charge in [0.15, 0.2) is 6.10 Å². The van der Waals surface area contributed by atoms with E-state index in [1.54, 1.807) is 21.1 Å². The first-order chi connectivity index (χ1) is 22.1. The molecule has 8 nitrogen and oxygen atoms in total. The second-order valence-corrected chi connectivity index (χ2v) is 12.8. The van der Waals surface area contributed by atoms with Gasteiger partial charge in [0, 0.05) is 19.3 Å². The van der Waals surface area contributed by atoms with Crippen molar-refractivity contribution in [3.63, 3.8) is 0 Å². The summed E-state index contributed by atoms with van der Waals surface area (Å²) in [5.74, 6) is -1.83. The van der Waals surface area contributed by atoms with Gasteiger partial charge in [-0.2, -0.15) is 0 Å². The third-order valence-electron chi connectivity index (χ3n) is 7.52. The fraction of sp³-hybridized carbons (Fsp3) is 0.711. The number of likely N-dealkylation sites (N-methyl/N-ethyl adjacent to an activating group) is 1. The normalized spacial score (nSPS) is 13.7. The average Bonchev–Trinajstić information content (AvgIpc) is 3.00. The highest BCUT2D eigenvalue weighted by molar-refractivity contribution is 5.70. The first kappa shape index (κ1) is 43.3. The lowest BCUT2D eigenvalue weighted by atomic mass is 10.1. The maximum absolute atomic E-state index is 12.6. The van der Waals surface area contributed by atoms with Crippen LogP contribution in [0.15, 0.2) is 48.6 Å². The lowest BCUT2D eigenvalue weighted by molar-refractivity contribution is -0.889. The van der Waals surface area contributed by atoms with Gasteiger partial charge in [-0.25, -0.2) is 0 Å². The van der Waals surface area contributed by atoms with Crippen LogP contribution in [0.2, 0.25) is 0 Å². The minimum Gasteiger partial charge on any atom is -0.544 e. The molecular weight excluding hydrogens is 582 g/mol. The van der Waals surface area contributed by atoms with E-state index in [1.807, 2.05) is 6.08 Å². The Kier molecular flexibility index (Phi) is 27.9. The number of quaternary nitrogens is 1. The number of aliphatic carboxylic acids is 1. The maximum Gasteiger partial charge on any atom is 0.306 e. The smallest absolute Gasteiger partial charge is 0.306 e. The number of esters is 2. The summed E-state index contributed by atoms with van der Waals surface area (Å²) in [6.45, 7) is 4.38. The molecule has 0 spiro atoms. The van der Waals surface area contributed by atoms with Gasteiger partial charge in [-0.05, 0) is 44.9 Å². The molecule has 0 saturated heterocycles. The van der Waals surface area contributed by atoms with Gasteiger partial charge >= 0.3 is 11.9 Å². The van der Waals surface area contributed by atoms with Gasteiger partial charge in [0.2, 0.25) is 0 Å². The highest BCUT2D eigenvalue weighted by atomic mass is 16.6. The number of carbonyl (C=O) groups excluding carboxylic acids is 3. The quantitative estimate of drug-likeness (QED) is 0.0268. The molecule has 46 heavy (non-hydrogen) atoms. The van der Waals surface area contributed by atoms with Gasteiger partial charge < -0.3 is 28.6 Å². The zero-order chi connectivity index (χ0) is 34.3. The molecule has 0 saturated carbocycles. The molecule has 0 rings (SSSR count). The Labute approximate surface area is 280 Å². The van der Waals surface area contributed by atoms with Crippen molar-refractivity contribution < 1.29 is 38.2 Å². The van der Waals surface area contributed by atoms with E-state index in [2.05, 4.69) is 56.4 Å². The molecule has 8 heteroatoms. The molecule has 0 N–H and O–H groups in total. The molecule has 0 aromatic heterocycles. The second-order valence-electron chi connectivity index (χ2n) is 12.8. The zero-order valence-electron chi connectivity index (χ0n) is 29.7. The summed E-state index contributed by atoms with van der Waals surface area (Å²) in [6.07, 6.45) is 31.6. The van der Waals surface area contributed by atoms with Crippen molar-refractivity contribution in [2.45, 2.75) is 135 Å². The highest BCUT2D eigenvalue weighted by Gasteiger charge is 2.25. The summed E-state index contributed by atoms with van der Waals surface area (Å²) in [6, 6.07) is -0.730. The van der Waals surface area contributed by atoms with Crippen LogP contribution in [0.4, 0.5) is 0 Å². The van der Waals surface area contributed by atoms with E-state index in [9.17, 15) is 19.5 Å². The van der Waals surface area contributed by atoms with Crippen molar-refractivity contribution in [1.29, 1.82) is 0 Å². The summed E-state index contributed by atoms with van der Waals surface area (Å²) >= 11 is 0. The second kappa shape index (κ2) is 29.7. The van der Waals surface area contributed by atoms with Gasteiger partial charge in [-0.3, -0.25) is 9.59 Å². The van der Waals surface area contributed by atoms with Gasteiger partial charge in [-0.15, -0.1) is 0 Å². The van der Waals surface area contributed by atoms with Crippen LogP contribution >= 0.6 is 0 Å². The predicted octanol–water partition coefficient (Wildman–Crippen LogP) is 7.18. The number of carbonyl (C=O) groups is 3. The van der Waals surface area contributed by atoms with Crippen molar-refractivity contribution in [2.75, 3.05) is 41.0 Å². The maximum atomic E-state index is 12.6. The third kappa shape index (κ3) is 27.6. The van der Waals surface area contributed by atoms with Crippen LogP contribution in [-0.4, -0.2) is 75.5 Å². The zero-order valence-corrected chi connectivity index (χ0v) is 29.7. The van der Waals surface area contributed by atoms with E-state index < -0.39 is 18.1 Å². The van der Waals surface area contributed by atoms with Gasteiger partial charge in [-0.1, -0.05) is 107 Å². The number of carboxylic acids is 1. The largest absolute Gasteiger partial charge is 0.544 e. The minimum atomic E-state index is -1.14. The molecule has 264 valence electrons. The van der Waals surface area contributed by atoms with Gasteiger partial charge in [0.1, 0.15) is 12.6 Å². The van der Waals surface area contributed by atoms with Crippen molar-refractivity contribution >= 4 is 17.9 Å². The van der Waals surface area contributed by atoms with E-state index in [0.29, 0.717) is 12.8 Å². The SMILES string of the molecule is CC/C=C/C=C/C=C/CCCCCCCCCC(=O)OC(COCCC(C(=O)[O-])[N+](C)(C)C)COC(=O)CC/C=C/CCCCC. The van der Waals surface area contributed by atoms with Crippen LogP contribution in [-0.2, 0) is 28.6 Å². The highest BCUT2D eigenvalue weighted by Crippen LogP contribution is 2.12. The number of allylic oxidation sites excluding steroid dienone is 8. The summed E-state index contributed by atoms with van der Waals surface area (Å²) in [5.41, 5.74) is 0. The third-order valence-corrected chi connectivity index (χ3v) is 7.52. The Morgan fingerprint density at radius 3 is 1.93 bits per heavy atom. The lowest BCUT2D eigenvalue weighted by Gasteiger charge is -2.34. The van der Waals surface area contributed by atoms with Crippen molar-refractivity contribution in [3.05, 3.63) is 48.6 Å². The van der Waals surface area contributed by atoms with Crippen molar-refractivity contribution in [2.24, 2.45) is 0 Å². The topological polar surface area (TPSA) is 102 Å². The molecule has 0 bridgehead atoms. The molecule has 0 amide bonds. The molecule has 0 aromatic rings. The van der Waals surface area contributed by atoms with E-state index in [4.69, 9.17) is 14.2 Å². The van der Waals surface area contributed by atoms with Crippen LogP contribution < -0.4 is 5.11 Å². The molecule has 2 atom stereocenters. The van der Waals surface area contributed by atoms with E-state index >= 15 is 0 Å². The van der Waals surface area contributed by atoms with E-state index in [-0.39, 0.29) is 49.1 Å². The Morgan fingerprint density at radius 2 is 1.28 bits per heavy atom. The molecular formula is C38H65NO7. The number of nitrogens with zero attached hydrogens (tertiary/aromatic N) is 1. The fourth-order valence-electron chi connectivity index (χ4n) is 4.73. The predicted molar refractivity (Wildman–Crippen MR) is 185 cm³/mol. The van der Waals surface area contributed by atoms with E-state index in [0.717, 1.165) is 51.4 Å². The van der Waals surface area contributed by atoms with Crippen LogP contribution in [0.3, 0.4) is 0 Å². The van der Waals surface area contributed by atoms with E-state index in [1.165, 1.54) is 32.1 Å². The van der Waals surface area contributed by atoms with Crippen LogP contribution in [0, 0.1) is 0 Å². The van der Waals surface area contributed by atoms with Crippen LogP contribution in [0.25, 0.3) is 0 Å². The summed E-state index contributed by atoms with van der Waals surface area (Å²) in [4.78, 5) is 36.4. The summed E-state index contributed by atoms with van der Waals surface area (Å²) in [5, 5.41) is 11.5. The monoisotopic (exact) mass is 647 g/mol. The molecule has 0 aliphatic heterocycles. The van der Waals surface area contributed by atoms with Crippen LogP contribution in [0.1, 0.15) is 123 Å². The minimum absolute atomic E-state index is 0.0225. The molecule has 0 radical (unpaired) electrons. The van der Waals surface area contributed by atoms with Gasteiger partial charge in [0.05, 0.1) is 40.3 Å². The Morgan fingerprint density at radius 1 is 0.674 bits per heavy atom. The lowest BCUT2D eigenvalue weighted by Crippen LogP contribution is -2.55. The van der Waals surface area contributed by atoms with Crippen molar-refractivity contribution in [1.82, 2.24) is 0 Å².